The third-order valence-electron chi connectivity index (χ3n) is 2.90. The molecule has 1 N–H and O–H groups in total. The van der Waals surface area contributed by atoms with Gasteiger partial charge in [0.2, 0.25) is 5.91 Å². The first kappa shape index (κ1) is 12.5. The quantitative estimate of drug-likeness (QED) is 0.746. The molecule has 0 aromatic heterocycles. The van der Waals surface area contributed by atoms with Crippen LogP contribution in [0.5, 0.6) is 0 Å². The van der Waals surface area contributed by atoms with Crippen molar-refractivity contribution in [2.75, 3.05) is 26.3 Å². The van der Waals surface area contributed by atoms with Crippen LogP contribution in [0.2, 0.25) is 0 Å². The summed E-state index contributed by atoms with van der Waals surface area (Å²) in [6.07, 6.45) is 1.05. The van der Waals surface area contributed by atoms with Gasteiger partial charge in [0, 0.05) is 12.6 Å². The SMILES string of the molecule is CCC(C)NCC(=O)N1CCOCC1C. The number of carbonyl (C=O) groups is 1. The van der Waals surface area contributed by atoms with Crippen molar-refractivity contribution in [1.29, 1.82) is 0 Å². The van der Waals surface area contributed by atoms with Crippen molar-refractivity contribution in [3.05, 3.63) is 0 Å². The molecule has 1 aliphatic heterocycles. The normalized spacial score (nSPS) is 23.9. The number of hydrogen-bond acceptors (Lipinski definition) is 3. The van der Waals surface area contributed by atoms with Crippen LogP contribution in [0.25, 0.3) is 0 Å². The summed E-state index contributed by atoms with van der Waals surface area (Å²) in [6, 6.07) is 0.621. The Balaban J connectivity index is 2.32. The minimum Gasteiger partial charge on any atom is -0.377 e. The summed E-state index contributed by atoms with van der Waals surface area (Å²) >= 11 is 0. The van der Waals surface area contributed by atoms with Crippen LogP contribution in [0.15, 0.2) is 0 Å². The maximum absolute atomic E-state index is 11.8. The molecule has 4 heteroatoms. The topological polar surface area (TPSA) is 41.6 Å². The molecule has 1 rings (SSSR count). The summed E-state index contributed by atoms with van der Waals surface area (Å²) in [4.78, 5) is 13.7. The molecule has 2 unspecified atom stereocenters. The summed E-state index contributed by atoms with van der Waals surface area (Å²) in [5.41, 5.74) is 0. The lowest BCUT2D eigenvalue weighted by molar-refractivity contribution is -0.138. The molecule has 88 valence electrons. The Bertz CT molecular complexity index is 209. The molecule has 0 aromatic carbocycles. The van der Waals surface area contributed by atoms with Gasteiger partial charge in [-0.25, -0.2) is 0 Å². The second-order valence-corrected chi connectivity index (χ2v) is 4.20. The van der Waals surface area contributed by atoms with Gasteiger partial charge >= 0.3 is 0 Å². The Morgan fingerprint density at radius 1 is 1.67 bits per heavy atom. The Kier molecular flexibility index (Phi) is 5.05. The van der Waals surface area contributed by atoms with Gasteiger partial charge in [-0.1, -0.05) is 6.92 Å². The highest BCUT2D eigenvalue weighted by atomic mass is 16.5. The van der Waals surface area contributed by atoms with Crippen molar-refractivity contribution in [2.45, 2.75) is 39.3 Å². The average Bonchev–Trinajstić information content (AvgIpc) is 2.26. The third kappa shape index (κ3) is 3.80. The predicted octanol–water partition coefficient (Wildman–Crippen LogP) is 0.622. The Morgan fingerprint density at radius 2 is 2.40 bits per heavy atom. The van der Waals surface area contributed by atoms with Crippen molar-refractivity contribution in [2.24, 2.45) is 0 Å². The van der Waals surface area contributed by atoms with E-state index < -0.39 is 0 Å². The van der Waals surface area contributed by atoms with Crippen LogP contribution in [-0.4, -0.2) is 49.2 Å². The molecule has 0 radical (unpaired) electrons. The Labute approximate surface area is 92.0 Å². The van der Waals surface area contributed by atoms with Crippen molar-refractivity contribution < 1.29 is 9.53 Å². The lowest BCUT2D eigenvalue weighted by Gasteiger charge is -2.33. The Hall–Kier alpha value is -0.610. The fourth-order valence-electron chi connectivity index (χ4n) is 1.61. The summed E-state index contributed by atoms with van der Waals surface area (Å²) in [5.74, 6) is 0.186. The van der Waals surface area contributed by atoms with Gasteiger partial charge < -0.3 is 15.0 Å². The number of nitrogens with zero attached hydrogens (tertiary/aromatic N) is 1. The van der Waals surface area contributed by atoms with Crippen LogP contribution < -0.4 is 5.32 Å². The highest BCUT2D eigenvalue weighted by molar-refractivity contribution is 5.78. The van der Waals surface area contributed by atoms with Crippen molar-refractivity contribution in [3.8, 4) is 0 Å². The lowest BCUT2D eigenvalue weighted by Crippen LogP contribution is -2.50. The summed E-state index contributed by atoms with van der Waals surface area (Å²) in [5, 5.41) is 3.22. The minimum absolute atomic E-state index is 0.186. The van der Waals surface area contributed by atoms with E-state index in [2.05, 4.69) is 19.2 Å². The molecule has 15 heavy (non-hydrogen) atoms. The van der Waals surface area contributed by atoms with Crippen LogP contribution >= 0.6 is 0 Å². The molecule has 1 saturated heterocycles. The van der Waals surface area contributed by atoms with Gasteiger partial charge in [-0.05, 0) is 20.3 Å². The molecule has 1 heterocycles. The van der Waals surface area contributed by atoms with E-state index in [9.17, 15) is 4.79 Å². The number of nitrogens with one attached hydrogen (secondary N) is 1. The number of ether oxygens (including phenoxy) is 1. The molecular weight excluding hydrogens is 192 g/mol. The number of morpholine rings is 1. The fraction of sp³-hybridized carbons (Fsp3) is 0.909. The molecule has 4 nitrogen and oxygen atoms in total. The highest BCUT2D eigenvalue weighted by Crippen LogP contribution is 2.05. The maximum Gasteiger partial charge on any atom is 0.236 e. The van der Waals surface area contributed by atoms with Crippen LogP contribution in [0, 0.1) is 0 Å². The predicted molar refractivity (Wildman–Crippen MR) is 59.7 cm³/mol. The molecule has 0 aliphatic carbocycles. The number of hydrogen-bond donors (Lipinski definition) is 1. The maximum atomic E-state index is 11.8. The van der Waals surface area contributed by atoms with Gasteiger partial charge in [0.25, 0.3) is 0 Å². The third-order valence-corrected chi connectivity index (χ3v) is 2.90. The number of rotatable bonds is 4. The number of carbonyl (C=O) groups excluding carboxylic acids is 1. The van der Waals surface area contributed by atoms with E-state index in [-0.39, 0.29) is 11.9 Å². The second-order valence-electron chi connectivity index (χ2n) is 4.20. The Morgan fingerprint density at radius 3 is 3.00 bits per heavy atom. The zero-order valence-electron chi connectivity index (χ0n) is 9.95. The second kappa shape index (κ2) is 6.08. The van der Waals surface area contributed by atoms with E-state index >= 15 is 0 Å². The monoisotopic (exact) mass is 214 g/mol. The van der Waals surface area contributed by atoms with E-state index in [1.165, 1.54) is 0 Å². The van der Waals surface area contributed by atoms with E-state index in [4.69, 9.17) is 4.74 Å². The lowest BCUT2D eigenvalue weighted by atomic mass is 10.2. The van der Waals surface area contributed by atoms with Gasteiger partial charge in [0.05, 0.1) is 25.8 Å². The molecule has 0 spiro atoms. The smallest absolute Gasteiger partial charge is 0.236 e. The van der Waals surface area contributed by atoms with Gasteiger partial charge in [0.15, 0.2) is 0 Å². The minimum atomic E-state index is 0.186. The zero-order valence-corrected chi connectivity index (χ0v) is 9.95. The van der Waals surface area contributed by atoms with Gasteiger partial charge in [-0.2, -0.15) is 0 Å². The van der Waals surface area contributed by atoms with E-state index in [0.717, 1.165) is 13.0 Å². The van der Waals surface area contributed by atoms with Crippen LogP contribution in [0.4, 0.5) is 0 Å². The van der Waals surface area contributed by atoms with Crippen LogP contribution in [-0.2, 0) is 9.53 Å². The zero-order chi connectivity index (χ0) is 11.3. The van der Waals surface area contributed by atoms with Gasteiger partial charge in [-0.3, -0.25) is 4.79 Å². The first-order chi connectivity index (χ1) is 7.15. The summed E-state index contributed by atoms with van der Waals surface area (Å²) in [6.45, 7) is 8.73. The van der Waals surface area contributed by atoms with Gasteiger partial charge in [-0.15, -0.1) is 0 Å². The standard InChI is InChI=1S/C11H22N2O2/c1-4-9(2)12-7-11(14)13-5-6-15-8-10(13)3/h9-10,12H,4-8H2,1-3H3. The average molecular weight is 214 g/mol. The number of amides is 1. The first-order valence-electron chi connectivity index (χ1n) is 5.75. The van der Waals surface area contributed by atoms with Crippen LogP contribution in [0.1, 0.15) is 27.2 Å². The highest BCUT2D eigenvalue weighted by Gasteiger charge is 2.23. The van der Waals surface area contributed by atoms with Crippen molar-refractivity contribution >= 4 is 5.91 Å². The van der Waals surface area contributed by atoms with E-state index in [0.29, 0.717) is 25.8 Å². The molecule has 1 fully saturated rings. The van der Waals surface area contributed by atoms with Crippen molar-refractivity contribution in [1.82, 2.24) is 10.2 Å². The van der Waals surface area contributed by atoms with E-state index in [1.807, 2.05) is 11.8 Å². The molecule has 2 atom stereocenters. The molecule has 0 aromatic rings. The molecule has 1 amide bonds. The van der Waals surface area contributed by atoms with E-state index in [1.54, 1.807) is 0 Å². The fourth-order valence-corrected chi connectivity index (χ4v) is 1.61. The largest absolute Gasteiger partial charge is 0.377 e. The molecule has 1 aliphatic rings. The first-order valence-corrected chi connectivity index (χ1v) is 5.75. The van der Waals surface area contributed by atoms with Crippen LogP contribution in [0.3, 0.4) is 0 Å². The molecule has 0 saturated carbocycles. The molecular formula is C11H22N2O2. The summed E-state index contributed by atoms with van der Waals surface area (Å²) in [7, 11) is 0. The molecule has 0 bridgehead atoms. The van der Waals surface area contributed by atoms with Gasteiger partial charge in [0.1, 0.15) is 0 Å². The van der Waals surface area contributed by atoms with Crippen molar-refractivity contribution in [3.63, 3.8) is 0 Å². The summed E-state index contributed by atoms with van der Waals surface area (Å²) < 4.78 is 5.29.